The number of fused-ring (bicyclic) bond motifs is 4. The highest BCUT2D eigenvalue weighted by Crippen LogP contribution is 2.53. The summed E-state index contributed by atoms with van der Waals surface area (Å²) in [6.07, 6.45) is 0. The first-order valence-corrected chi connectivity index (χ1v) is 8.98. The summed E-state index contributed by atoms with van der Waals surface area (Å²) in [6, 6.07) is 5.48. The van der Waals surface area contributed by atoms with Crippen molar-refractivity contribution in [2.45, 2.75) is 19.3 Å². The highest BCUT2D eigenvalue weighted by atomic mass is 35.5. The van der Waals surface area contributed by atoms with Crippen molar-refractivity contribution in [1.82, 2.24) is 4.90 Å². The Hall–Kier alpha value is -0.770. The third kappa shape index (κ3) is 2.32. The predicted octanol–water partition coefficient (Wildman–Crippen LogP) is 3.62. The van der Waals surface area contributed by atoms with Crippen molar-refractivity contribution >= 4 is 29.1 Å². The summed E-state index contributed by atoms with van der Waals surface area (Å²) in [5.74, 6) is 2.80. The van der Waals surface area contributed by atoms with Gasteiger partial charge in [0.05, 0.1) is 28.7 Å². The Kier molecular flexibility index (Phi) is 3.67. The molecule has 0 bridgehead atoms. The van der Waals surface area contributed by atoms with Gasteiger partial charge in [0.2, 0.25) is 5.91 Å². The smallest absolute Gasteiger partial charge is 0.232 e. The first kappa shape index (κ1) is 15.7. The van der Waals surface area contributed by atoms with Gasteiger partial charge >= 0.3 is 0 Å². The van der Waals surface area contributed by atoms with Crippen LogP contribution >= 0.6 is 23.2 Å². The number of amides is 1. The molecule has 4 atom stereocenters. The monoisotopic (exact) mass is 353 g/mol. The van der Waals surface area contributed by atoms with Crippen LogP contribution in [0.3, 0.4) is 0 Å². The Morgan fingerprint density at radius 2 is 1.70 bits per heavy atom. The van der Waals surface area contributed by atoms with Gasteiger partial charge in [0.25, 0.3) is 0 Å². The molecular formula is C18H21Cl2NO2. The second-order valence-electron chi connectivity index (χ2n) is 7.66. The van der Waals surface area contributed by atoms with E-state index in [-0.39, 0.29) is 5.91 Å². The van der Waals surface area contributed by atoms with E-state index in [0.717, 1.165) is 31.9 Å². The van der Waals surface area contributed by atoms with Gasteiger partial charge in [-0.2, -0.15) is 0 Å². The van der Waals surface area contributed by atoms with Crippen LogP contribution in [0.5, 0.6) is 0 Å². The highest BCUT2D eigenvalue weighted by molar-refractivity contribution is 6.42. The minimum Gasteiger partial charge on any atom is -0.381 e. The molecule has 4 rings (SSSR count). The van der Waals surface area contributed by atoms with Gasteiger partial charge in [0.15, 0.2) is 0 Å². The van der Waals surface area contributed by atoms with Crippen molar-refractivity contribution < 1.29 is 9.53 Å². The maximum Gasteiger partial charge on any atom is 0.232 e. The summed E-state index contributed by atoms with van der Waals surface area (Å²) in [4.78, 5) is 15.2. The van der Waals surface area contributed by atoms with E-state index >= 15 is 0 Å². The van der Waals surface area contributed by atoms with Gasteiger partial charge in [0.1, 0.15) is 0 Å². The predicted molar refractivity (Wildman–Crippen MR) is 90.8 cm³/mol. The number of halogens is 2. The minimum atomic E-state index is -0.594. The van der Waals surface area contributed by atoms with E-state index < -0.39 is 5.41 Å². The molecule has 1 aromatic rings. The van der Waals surface area contributed by atoms with E-state index in [9.17, 15) is 4.79 Å². The lowest BCUT2D eigenvalue weighted by Gasteiger charge is -2.42. The van der Waals surface area contributed by atoms with Crippen LogP contribution in [0.2, 0.25) is 10.0 Å². The van der Waals surface area contributed by atoms with Gasteiger partial charge in [-0.15, -0.1) is 0 Å². The molecule has 2 heterocycles. The number of benzene rings is 1. The second-order valence-corrected chi connectivity index (χ2v) is 8.47. The highest BCUT2D eigenvalue weighted by Gasteiger charge is 2.58. The van der Waals surface area contributed by atoms with Crippen LogP contribution in [0.1, 0.15) is 19.4 Å². The Morgan fingerprint density at radius 1 is 1.09 bits per heavy atom. The van der Waals surface area contributed by atoms with E-state index in [1.54, 1.807) is 6.07 Å². The number of ether oxygens (including phenoxy) is 1. The molecule has 0 spiro atoms. The number of carbonyl (C=O) groups excluding carboxylic acids is 1. The lowest BCUT2D eigenvalue weighted by molar-refractivity contribution is -0.135. The van der Waals surface area contributed by atoms with Crippen molar-refractivity contribution in [1.29, 1.82) is 0 Å². The van der Waals surface area contributed by atoms with E-state index in [2.05, 4.69) is 4.90 Å². The fraction of sp³-hybridized carbons (Fsp3) is 0.611. The van der Waals surface area contributed by atoms with E-state index in [1.807, 2.05) is 26.0 Å². The van der Waals surface area contributed by atoms with Crippen LogP contribution in [0.25, 0.3) is 0 Å². The molecule has 1 aliphatic carbocycles. The van der Waals surface area contributed by atoms with Gasteiger partial charge in [0, 0.05) is 13.1 Å². The molecule has 0 N–H and O–H groups in total. The van der Waals surface area contributed by atoms with Crippen molar-refractivity contribution in [2.24, 2.45) is 23.7 Å². The quantitative estimate of drug-likeness (QED) is 0.812. The zero-order chi connectivity index (χ0) is 16.4. The zero-order valence-corrected chi connectivity index (χ0v) is 14.9. The summed E-state index contributed by atoms with van der Waals surface area (Å²) >= 11 is 12.1. The molecule has 4 unspecified atom stereocenters. The van der Waals surface area contributed by atoms with Gasteiger partial charge in [-0.1, -0.05) is 29.3 Å². The van der Waals surface area contributed by atoms with Crippen LogP contribution in [0.15, 0.2) is 18.2 Å². The van der Waals surface area contributed by atoms with Crippen molar-refractivity contribution in [3.8, 4) is 0 Å². The van der Waals surface area contributed by atoms with Gasteiger partial charge < -0.3 is 9.64 Å². The standard InChI is InChI=1S/C18H21Cl2NO2/c1-18(2,10-3-4-15(19)16(20)5-10)17(22)21-6-11-12(7-21)14-9-23-8-13(11)14/h3-5,11-14H,6-9H2,1-2H3. The van der Waals surface area contributed by atoms with E-state index in [1.165, 1.54) is 0 Å². The number of rotatable bonds is 2. The molecule has 23 heavy (non-hydrogen) atoms. The average molecular weight is 354 g/mol. The van der Waals surface area contributed by atoms with Crippen LogP contribution < -0.4 is 0 Å². The van der Waals surface area contributed by atoms with Crippen molar-refractivity contribution in [3.63, 3.8) is 0 Å². The Balaban J connectivity index is 1.53. The van der Waals surface area contributed by atoms with Crippen LogP contribution in [0, 0.1) is 23.7 Å². The molecule has 5 heteroatoms. The fourth-order valence-corrected chi connectivity index (χ4v) is 4.95. The zero-order valence-electron chi connectivity index (χ0n) is 13.4. The number of hydrogen-bond donors (Lipinski definition) is 0. The van der Waals surface area contributed by atoms with Crippen molar-refractivity contribution in [3.05, 3.63) is 33.8 Å². The molecule has 3 fully saturated rings. The number of hydrogen-bond acceptors (Lipinski definition) is 2. The summed E-state index contributed by atoms with van der Waals surface area (Å²) in [7, 11) is 0. The first-order valence-electron chi connectivity index (χ1n) is 8.22. The molecule has 1 aromatic carbocycles. The topological polar surface area (TPSA) is 29.5 Å². The van der Waals surface area contributed by atoms with Gasteiger partial charge in [-0.05, 0) is 55.2 Å². The molecule has 3 aliphatic rings. The fourth-order valence-electron chi connectivity index (χ4n) is 4.65. The van der Waals surface area contributed by atoms with Crippen LogP contribution in [0.4, 0.5) is 0 Å². The molecular weight excluding hydrogens is 333 g/mol. The number of carbonyl (C=O) groups is 1. The lowest BCUT2D eigenvalue weighted by Crippen LogP contribution is -2.44. The molecule has 3 nitrogen and oxygen atoms in total. The summed E-state index contributed by atoms with van der Waals surface area (Å²) < 4.78 is 5.59. The van der Waals surface area contributed by atoms with Crippen LogP contribution in [-0.2, 0) is 14.9 Å². The molecule has 2 saturated heterocycles. The molecule has 1 saturated carbocycles. The van der Waals surface area contributed by atoms with E-state index in [4.69, 9.17) is 27.9 Å². The molecule has 1 amide bonds. The van der Waals surface area contributed by atoms with E-state index in [0.29, 0.717) is 33.7 Å². The van der Waals surface area contributed by atoms with Crippen LogP contribution in [-0.4, -0.2) is 37.1 Å². The number of likely N-dealkylation sites (tertiary alicyclic amines) is 1. The SMILES string of the molecule is CC(C)(C(=O)N1CC2C3COCC3C2C1)c1ccc(Cl)c(Cl)c1. The van der Waals surface area contributed by atoms with Crippen molar-refractivity contribution in [2.75, 3.05) is 26.3 Å². The minimum absolute atomic E-state index is 0.185. The number of nitrogens with zero attached hydrogens (tertiary/aromatic N) is 1. The third-order valence-electron chi connectivity index (χ3n) is 6.15. The summed E-state index contributed by atoms with van der Waals surface area (Å²) in [5, 5.41) is 1.02. The van der Waals surface area contributed by atoms with Gasteiger partial charge in [-0.25, -0.2) is 0 Å². The summed E-state index contributed by atoms with van der Waals surface area (Å²) in [5.41, 5.74) is 0.323. The maximum absolute atomic E-state index is 13.1. The molecule has 0 radical (unpaired) electrons. The maximum atomic E-state index is 13.1. The largest absolute Gasteiger partial charge is 0.381 e. The third-order valence-corrected chi connectivity index (χ3v) is 6.88. The first-order chi connectivity index (χ1) is 10.9. The summed E-state index contributed by atoms with van der Waals surface area (Å²) in [6.45, 7) is 7.45. The molecule has 2 aliphatic heterocycles. The molecule has 124 valence electrons. The lowest BCUT2D eigenvalue weighted by atomic mass is 9.60. The molecule has 0 aromatic heterocycles. The van der Waals surface area contributed by atoms with Gasteiger partial charge in [-0.3, -0.25) is 4.79 Å². The Labute approximate surface area is 146 Å². The average Bonchev–Trinajstić information content (AvgIpc) is 3.08. The Morgan fingerprint density at radius 3 is 2.26 bits per heavy atom. The second kappa shape index (κ2) is 5.37. The Bertz CT molecular complexity index is 642. The normalized spacial score (nSPS) is 32.4.